The van der Waals surface area contributed by atoms with Crippen molar-refractivity contribution >= 4 is 0 Å². The molecule has 86 valence electrons. The summed E-state index contributed by atoms with van der Waals surface area (Å²) < 4.78 is 0. The van der Waals surface area contributed by atoms with Crippen LogP contribution < -0.4 is 0 Å². The van der Waals surface area contributed by atoms with Gasteiger partial charge in [0.25, 0.3) is 0 Å². The first-order valence-corrected chi connectivity index (χ1v) is 6.11. The van der Waals surface area contributed by atoms with Crippen LogP contribution in [0.15, 0.2) is 0 Å². The predicted molar refractivity (Wildman–Crippen MR) is 63.3 cm³/mol. The third kappa shape index (κ3) is 2.73. The molecule has 1 heteroatoms. The Hall–Kier alpha value is -0.0400. The summed E-state index contributed by atoms with van der Waals surface area (Å²) in [6.45, 7) is 13.6. The zero-order chi connectivity index (χ0) is 11.4. The molecule has 1 nitrogen and oxygen atoms in total. The van der Waals surface area contributed by atoms with Crippen LogP contribution >= 0.6 is 0 Å². The van der Waals surface area contributed by atoms with E-state index in [0.717, 1.165) is 11.8 Å². The van der Waals surface area contributed by atoms with Crippen LogP contribution in [0, 0.1) is 23.2 Å². The molecule has 1 N–H and O–H groups in total. The highest BCUT2D eigenvalue weighted by molar-refractivity contribution is 4.91. The van der Waals surface area contributed by atoms with Gasteiger partial charge in [-0.2, -0.15) is 0 Å². The molecule has 0 aromatic heterocycles. The minimum Gasteiger partial charge on any atom is -0.396 e. The van der Waals surface area contributed by atoms with E-state index in [1.54, 1.807) is 0 Å². The van der Waals surface area contributed by atoms with E-state index < -0.39 is 0 Å². The first-order valence-electron chi connectivity index (χ1n) is 6.11. The summed E-state index contributed by atoms with van der Waals surface area (Å²) >= 11 is 0. The summed E-state index contributed by atoms with van der Waals surface area (Å²) in [4.78, 5) is 0. The van der Waals surface area contributed by atoms with Crippen LogP contribution in [0.2, 0.25) is 0 Å². The van der Waals surface area contributed by atoms with E-state index >= 15 is 0 Å². The minimum atomic E-state index is 0.348. The molecule has 3 atom stereocenters. The highest BCUT2D eigenvalue weighted by Gasteiger charge is 2.42. The van der Waals surface area contributed by atoms with Gasteiger partial charge in [0.15, 0.2) is 0 Å². The van der Waals surface area contributed by atoms with Gasteiger partial charge in [-0.15, -0.1) is 0 Å². The van der Waals surface area contributed by atoms with Gasteiger partial charge in [0.05, 0.1) is 0 Å². The van der Waals surface area contributed by atoms with Gasteiger partial charge in [-0.1, -0.05) is 41.5 Å². The lowest BCUT2D eigenvalue weighted by molar-refractivity contribution is 0.101. The number of aliphatic hydroxyl groups is 1. The fourth-order valence-electron chi connectivity index (χ4n) is 2.68. The summed E-state index contributed by atoms with van der Waals surface area (Å²) in [5.74, 6) is 2.01. The summed E-state index contributed by atoms with van der Waals surface area (Å²) in [6, 6.07) is 0. The van der Waals surface area contributed by atoms with Crippen molar-refractivity contribution in [3.63, 3.8) is 0 Å². The molecule has 1 fully saturated rings. The maximum atomic E-state index is 9.11. The van der Waals surface area contributed by atoms with Crippen molar-refractivity contribution in [2.45, 2.75) is 54.4 Å². The summed E-state index contributed by atoms with van der Waals surface area (Å²) in [5.41, 5.74) is 0.433. The molecule has 2 unspecified atom stereocenters. The minimum absolute atomic E-state index is 0.348. The van der Waals surface area contributed by atoms with Crippen molar-refractivity contribution in [3.8, 4) is 0 Å². The average Bonchev–Trinajstić information content (AvgIpc) is 2.44. The van der Waals surface area contributed by atoms with E-state index in [9.17, 15) is 0 Å². The smallest absolute Gasteiger partial charge is 0.0459 e. The maximum Gasteiger partial charge on any atom is 0.0459 e. The second kappa shape index (κ2) is 5.75. The molecule has 14 heavy (non-hydrogen) atoms. The fourth-order valence-corrected chi connectivity index (χ4v) is 2.68. The summed E-state index contributed by atoms with van der Waals surface area (Å²) in [7, 11) is 0. The molecule has 1 aliphatic carbocycles. The van der Waals surface area contributed by atoms with Crippen LogP contribution in [0.1, 0.15) is 54.4 Å². The Bertz CT molecular complexity index is 151. The lowest BCUT2D eigenvalue weighted by atomic mass is 9.71. The third-order valence-electron chi connectivity index (χ3n) is 4.11. The van der Waals surface area contributed by atoms with Crippen LogP contribution in [0.3, 0.4) is 0 Å². The van der Waals surface area contributed by atoms with E-state index in [2.05, 4.69) is 27.7 Å². The third-order valence-corrected chi connectivity index (χ3v) is 4.11. The number of hydrogen-bond donors (Lipinski definition) is 1. The zero-order valence-corrected chi connectivity index (χ0v) is 10.8. The van der Waals surface area contributed by atoms with Crippen molar-refractivity contribution in [1.29, 1.82) is 0 Å². The Balaban J connectivity index is 0.000000791. The predicted octanol–water partition coefficient (Wildman–Crippen LogP) is 3.71. The molecular formula is C13H28O. The summed E-state index contributed by atoms with van der Waals surface area (Å²) in [6.07, 6.45) is 2.64. The largest absolute Gasteiger partial charge is 0.396 e. The first-order chi connectivity index (χ1) is 6.50. The van der Waals surface area contributed by atoms with Crippen LogP contribution in [-0.4, -0.2) is 11.7 Å². The van der Waals surface area contributed by atoms with Crippen LogP contribution in [0.5, 0.6) is 0 Å². The molecule has 0 bridgehead atoms. The van der Waals surface area contributed by atoms with Gasteiger partial charge in [-0.3, -0.25) is 0 Å². The van der Waals surface area contributed by atoms with Crippen molar-refractivity contribution in [1.82, 2.24) is 0 Å². The second-order valence-corrected chi connectivity index (χ2v) is 5.07. The van der Waals surface area contributed by atoms with Crippen molar-refractivity contribution in [3.05, 3.63) is 0 Å². The quantitative estimate of drug-likeness (QED) is 0.720. The van der Waals surface area contributed by atoms with E-state index in [1.807, 2.05) is 13.8 Å². The van der Waals surface area contributed by atoms with Gasteiger partial charge >= 0.3 is 0 Å². The molecule has 0 aliphatic heterocycles. The van der Waals surface area contributed by atoms with Gasteiger partial charge in [0.2, 0.25) is 0 Å². The SMILES string of the molecule is CC.CC1CCC([C@H](C)CO)C1(C)C. The number of aliphatic hydroxyl groups excluding tert-OH is 1. The Kier molecular flexibility index (Phi) is 5.73. The molecule has 0 aromatic carbocycles. The van der Waals surface area contributed by atoms with Crippen molar-refractivity contribution in [2.24, 2.45) is 23.2 Å². The van der Waals surface area contributed by atoms with E-state index in [0.29, 0.717) is 17.9 Å². The molecule has 0 heterocycles. The lowest BCUT2D eigenvalue weighted by Crippen LogP contribution is -2.29. The fraction of sp³-hybridized carbons (Fsp3) is 1.00. The van der Waals surface area contributed by atoms with Crippen LogP contribution in [-0.2, 0) is 0 Å². The van der Waals surface area contributed by atoms with Gasteiger partial charge < -0.3 is 5.11 Å². The van der Waals surface area contributed by atoms with Gasteiger partial charge in [0.1, 0.15) is 0 Å². The second-order valence-electron chi connectivity index (χ2n) is 5.07. The molecule has 0 saturated heterocycles. The number of hydrogen-bond acceptors (Lipinski definition) is 1. The Morgan fingerprint density at radius 2 is 1.79 bits per heavy atom. The molecule has 0 aromatic rings. The topological polar surface area (TPSA) is 20.2 Å². The summed E-state index contributed by atoms with van der Waals surface area (Å²) in [5, 5.41) is 9.11. The zero-order valence-electron chi connectivity index (χ0n) is 10.8. The monoisotopic (exact) mass is 200 g/mol. The number of rotatable bonds is 2. The molecule has 0 amide bonds. The normalized spacial score (nSPS) is 31.9. The highest BCUT2D eigenvalue weighted by Crippen LogP contribution is 2.50. The van der Waals surface area contributed by atoms with Gasteiger partial charge in [-0.05, 0) is 36.0 Å². The molecule has 1 aliphatic rings. The standard InChI is InChI=1S/C11H22O.C2H6/c1-8(7-12)10-6-5-9(2)11(10,3)4;1-2/h8-10,12H,5-7H2,1-4H3;1-2H3/t8-,9?,10?;/m1./s1. The van der Waals surface area contributed by atoms with E-state index in [1.165, 1.54) is 12.8 Å². The lowest BCUT2D eigenvalue weighted by Gasteiger charge is -2.34. The average molecular weight is 200 g/mol. The van der Waals surface area contributed by atoms with Crippen molar-refractivity contribution in [2.75, 3.05) is 6.61 Å². The Labute approximate surface area is 89.9 Å². The van der Waals surface area contributed by atoms with Crippen LogP contribution in [0.25, 0.3) is 0 Å². The van der Waals surface area contributed by atoms with Crippen molar-refractivity contribution < 1.29 is 5.11 Å². The molecule has 0 radical (unpaired) electrons. The Morgan fingerprint density at radius 3 is 2.07 bits per heavy atom. The molecule has 1 rings (SSSR count). The van der Waals surface area contributed by atoms with E-state index in [-0.39, 0.29) is 0 Å². The van der Waals surface area contributed by atoms with E-state index in [4.69, 9.17) is 5.11 Å². The van der Waals surface area contributed by atoms with Gasteiger partial charge in [-0.25, -0.2) is 0 Å². The highest BCUT2D eigenvalue weighted by atomic mass is 16.3. The first kappa shape index (κ1) is 14.0. The maximum absolute atomic E-state index is 9.11. The molecule has 1 saturated carbocycles. The Morgan fingerprint density at radius 1 is 1.29 bits per heavy atom. The van der Waals surface area contributed by atoms with Gasteiger partial charge in [0, 0.05) is 6.61 Å². The van der Waals surface area contributed by atoms with Crippen LogP contribution in [0.4, 0.5) is 0 Å². The molecular weight excluding hydrogens is 172 g/mol. The molecule has 0 spiro atoms.